The van der Waals surface area contributed by atoms with Gasteiger partial charge in [-0.2, -0.15) is 0 Å². The zero-order chi connectivity index (χ0) is 22.5. The number of rotatable bonds is 7. The molecule has 3 rings (SSSR count). The van der Waals surface area contributed by atoms with Gasteiger partial charge in [-0.05, 0) is 37.3 Å². The topological polar surface area (TPSA) is 89.4 Å². The van der Waals surface area contributed by atoms with Crippen LogP contribution in [0.5, 0.6) is 0 Å². The molecule has 2 heterocycles. The molecule has 31 heavy (non-hydrogen) atoms. The average molecular weight is 426 g/mol. The van der Waals surface area contributed by atoms with Crippen LogP contribution < -0.4 is 16.1 Å². The fourth-order valence-electron chi connectivity index (χ4n) is 3.54. The van der Waals surface area contributed by atoms with Crippen molar-refractivity contribution in [2.45, 2.75) is 46.3 Å². The second-order valence-electron chi connectivity index (χ2n) is 8.58. The van der Waals surface area contributed by atoms with E-state index in [1.165, 1.54) is 18.0 Å². The molecular weight excluding hydrogens is 394 g/mol. The van der Waals surface area contributed by atoms with Crippen molar-refractivity contribution in [3.8, 4) is 0 Å². The highest BCUT2D eigenvalue weighted by molar-refractivity contribution is 5.99. The molecule has 1 aromatic carbocycles. The van der Waals surface area contributed by atoms with E-state index < -0.39 is 17.2 Å². The highest BCUT2D eigenvalue weighted by atomic mass is 16.5. The standard InChI is InChI=1S/C24H31N3O4/c1-15(2)11-25-23(29)19-13-27(16(3)4)14-20(22(19)28)24(30)26-12-21-18-8-6-5-7-17(18)9-10-31-21/h5-8,13-16,21H,9-12H2,1-4H3,(H,25,29)(H,26,30). The Bertz CT molecular complexity index is 1010. The van der Waals surface area contributed by atoms with Crippen LogP contribution in [-0.2, 0) is 11.2 Å². The molecular formula is C24H31N3O4. The lowest BCUT2D eigenvalue weighted by atomic mass is 9.97. The number of aromatic nitrogens is 1. The Balaban J connectivity index is 1.82. The minimum absolute atomic E-state index is 0.0163. The third-order valence-electron chi connectivity index (χ3n) is 5.34. The number of ether oxygens (including phenoxy) is 1. The lowest BCUT2D eigenvalue weighted by Crippen LogP contribution is -2.38. The number of carbonyl (C=O) groups excluding carboxylic acids is 2. The Morgan fingerprint density at radius 2 is 1.71 bits per heavy atom. The molecule has 0 bridgehead atoms. The molecule has 1 atom stereocenters. The van der Waals surface area contributed by atoms with Crippen molar-refractivity contribution in [1.29, 1.82) is 0 Å². The van der Waals surface area contributed by atoms with E-state index in [4.69, 9.17) is 4.74 Å². The van der Waals surface area contributed by atoms with Gasteiger partial charge in [-0.3, -0.25) is 14.4 Å². The summed E-state index contributed by atoms with van der Waals surface area (Å²) in [5.74, 6) is -0.724. The molecule has 0 radical (unpaired) electrons. The van der Waals surface area contributed by atoms with E-state index in [0.29, 0.717) is 13.2 Å². The van der Waals surface area contributed by atoms with E-state index in [1.807, 2.05) is 45.9 Å². The van der Waals surface area contributed by atoms with E-state index in [0.717, 1.165) is 12.0 Å². The Morgan fingerprint density at radius 3 is 2.35 bits per heavy atom. The van der Waals surface area contributed by atoms with Crippen molar-refractivity contribution in [2.75, 3.05) is 19.7 Å². The Hall–Kier alpha value is -2.93. The zero-order valence-electron chi connectivity index (χ0n) is 18.6. The summed E-state index contributed by atoms with van der Waals surface area (Å²) < 4.78 is 7.55. The quantitative estimate of drug-likeness (QED) is 0.714. The molecule has 2 amide bonds. The van der Waals surface area contributed by atoms with Gasteiger partial charge in [-0.15, -0.1) is 0 Å². The summed E-state index contributed by atoms with van der Waals surface area (Å²) in [5, 5.41) is 5.59. The number of hydrogen-bond acceptors (Lipinski definition) is 4. The maximum Gasteiger partial charge on any atom is 0.256 e. The third kappa shape index (κ3) is 5.41. The van der Waals surface area contributed by atoms with Gasteiger partial charge >= 0.3 is 0 Å². The molecule has 0 saturated heterocycles. The number of fused-ring (bicyclic) bond motifs is 1. The van der Waals surface area contributed by atoms with Gasteiger partial charge in [0.1, 0.15) is 17.2 Å². The Morgan fingerprint density at radius 1 is 1.06 bits per heavy atom. The number of carbonyl (C=O) groups is 2. The molecule has 2 aromatic rings. The second kappa shape index (κ2) is 9.92. The molecule has 1 aliphatic rings. The Kier molecular flexibility index (Phi) is 7.28. The monoisotopic (exact) mass is 425 g/mol. The molecule has 7 nitrogen and oxygen atoms in total. The van der Waals surface area contributed by atoms with Crippen LogP contribution in [-0.4, -0.2) is 36.1 Å². The number of benzene rings is 1. The molecule has 1 unspecified atom stereocenters. The van der Waals surface area contributed by atoms with E-state index >= 15 is 0 Å². The number of nitrogens with one attached hydrogen (secondary N) is 2. The summed E-state index contributed by atoms with van der Waals surface area (Å²) in [6.07, 6.45) is 3.60. The Labute approximate surface area is 182 Å². The number of nitrogens with zero attached hydrogens (tertiary/aromatic N) is 1. The van der Waals surface area contributed by atoms with Crippen LogP contribution in [0.25, 0.3) is 0 Å². The van der Waals surface area contributed by atoms with Gasteiger partial charge in [0.05, 0.1) is 6.61 Å². The van der Waals surface area contributed by atoms with Crippen LogP contribution >= 0.6 is 0 Å². The summed E-state index contributed by atoms with van der Waals surface area (Å²) in [6, 6.07) is 7.98. The molecule has 0 spiro atoms. The first-order chi connectivity index (χ1) is 14.8. The predicted molar refractivity (Wildman–Crippen MR) is 119 cm³/mol. The molecule has 0 aliphatic carbocycles. The SMILES string of the molecule is CC(C)CNC(=O)c1cn(C(C)C)cc(C(=O)NCC2OCCc3ccccc32)c1=O. The first-order valence-corrected chi connectivity index (χ1v) is 10.8. The number of hydrogen-bond donors (Lipinski definition) is 2. The smallest absolute Gasteiger partial charge is 0.256 e. The molecule has 0 saturated carbocycles. The molecule has 1 aromatic heterocycles. The second-order valence-corrected chi connectivity index (χ2v) is 8.58. The van der Waals surface area contributed by atoms with Crippen molar-refractivity contribution < 1.29 is 14.3 Å². The van der Waals surface area contributed by atoms with Crippen LogP contribution in [0.2, 0.25) is 0 Å². The maximum absolute atomic E-state index is 13.0. The van der Waals surface area contributed by atoms with Gasteiger partial charge in [-0.1, -0.05) is 38.1 Å². The summed E-state index contributed by atoms with van der Waals surface area (Å²) in [7, 11) is 0. The summed E-state index contributed by atoms with van der Waals surface area (Å²) in [6.45, 7) is 9.09. The number of pyridine rings is 1. The predicted octanol–water partition coefficient (Wildman–Crippen LogP) is 2.86. The van der Waals surface area contributed by atoms with Gasteiger partial charge in [0, 0.05) is 31.5 Å². The molecule has 2 N–H and O–H groups in total. The van der Waals surface area contributed by atoms with Crippen LogP contribution in [0.4, 0.5) is 0 Å². The molecule has 0 fully saturated rings. The van der Waals surface area contributed by atoms with E-state index in [2.05, 4.69) is 16.7 Å². The van der Waals surface area contributed by atoms with Crippen molar-refractivity contribution in [3.05, 3.63) is 69.1 Å². The lowest BCUT2D eigenvalue weighted by molar-refractivity contribution is 0.0411. The molecule has 7 heteroatoms. The summed E-state index contributed by atoms with van der Waals surface area (Å²) in [5.41, 5.74) is 1.62. The van der Waals surface area contributed by atoms with Gasteiger partial charge in [0.2, 0.25) is 5.43 Å². The summed E-state index contributed by atoms with van der Waals surface area (Å²) in [4.78, 5) is 38.5. The van der Waals surface area contributed by atoms with Crippen molar-refractivity contribution in [3.63, 3.8) is 0 Å². The van der Waals surface area contributed by atoms with E-state index in [1.54, 1.807) is 4.57 Å². The first-order valence-electron chi connectivity index (χ1n) is 10.8. The van der Waals surface area contributed by atoms with Crippen molar-refractivity contribution in [1.82, 2.24) is 15.2 Å². The minimum atomic E-state index is -0.569. The number of amides is 2. The van der Waals surface area contributed by atoms with Crippen LogP contribution in [0.1, 0.15) is 71.7 Å². The van der Waals surface area contributed by atoms with Gasteiger partial charge in [-0.25, -0.2) is 0 Å². The highest BCUT2D eigenvalue weighted by Gasteiger charge is 2.24. The largest absolute Gasteiger partial charge is 0.371 e. The molecule has 166 valence electrons. The zero-order valence-corrected chi connectivity index (χ0v) is 18.6. The van der Waals surface area contributed by atoms with Gasteiger partial charge in [0.25, 0.3) is 11.8 Å². The first kappa shape index (κ1) is 22.7. The van der Waals surface area contributed by atoms with Gasteiger partial charge in [0.15, 0.2) is 0 Å². The van der Waals surface area contributed by atoms with E-state index in [9.17, 15) is 14.4 Å². The molecule has 1 aliphatic heterocycles. The van der Waals surface area contributed by atoms with Crippen molar-refractivity contribution >= 4 is 11.8 Å². The summed E-state index contributed by atoms with van der Waals surface area (Å²) >= 11 is 0. The lowest BCUT2D eigenvalue weighted by Gasteiger charge is -2.26. The average Bonchev–Trinajstić information content (AvgIpc) is 2.75. The van der Waals surface area contributed by atoms with Gasteiger partial charge < -0.3 is 19.9 Å². The highest BCUT2D eigenvalue weighted by Crippen LogP contribution is 2.26. The van der Waals surface area contributed by atoms with Crippen LogP contribution in [0, 0.1) is 5.92 Å². The third-order valence-corrected chi connectivity index (χ3v) is 5.34. The minimum Gasteiger partial charge on any atom is -0.371 e. The fourth-order valence-corrected chi connectivity index (χ4v) is 3.54. The van der Waals surface area contributed by atoms with E-state index in [-0.39, 0.29) is 35.7 Å². The fraction of sp³-hybridized carbons (Fsp3) is 0.458. The normalized spacial score (nSPS) is 15.6. The van der Waals surface area contributed by atoms with Crippen LogP contribution in [0.3, 0.4) is 0 Å². The van der Waals surface area contributed by atoms with Crippen LogP contribution in [0.15, 0.2) is 41.5 Å². The van der Waals surface area contributed by atoms with Crippen molar-refractivity contribution in [2.24, 2.45) is 5.92 Å². The maximum atomic E-state index is 13.0.